The second kappa shape index (κ2) is 6.33. The fourth-order valence-electron chi connectivity index (χ4n) is 2.91. The summed E-state index contributed by atoms with van der Waals surface area (Å²) in [5, 5.41) is 0.317. The van der Waals surface area contributed by atoms with Gasteiger partial charge in [-0.25, -0.2) is 19.9 Å². The fourth-order valence-corrected chi connectivity index (χ4v) is 3.15. The predicted octanol–water partition coefficient (Wildman–Crippen LogP) is 3.25. The first-order valence-corrected chi connectivity index (χ1v) is 8.16. The molecule has 3 aromatic rings. The highest BCUT2D eigenvalue weighted by Crippen LogP contribution is 2.32. The van der Waals surface area contributed by atoms with Gasteiger partial charge in [-0.15, -0.1) is 0 Å². The quantitative estimate of drug-likeness (QED) is 0.678. The third-order valence-corrected chi connectivity index (χ3v) is 4.40. The lowest BCUT2D eigenvalue weighted by Crippen LogP contribution is -2.17. The summed E-state index contributed by atoms with van der Waals surface area (Å²) in [5.41, 5.74) is 2.76. The van der Waals surface area contributed by atoms with Crippen LogP contribution in [0.4, 0.5) is 0 Å². The lowest BCUT2D eigenvalue weighted by atomic mass is 10.1. The lowest BCUT2D eigenvalue weighted by molar-refractivity contribution is -0.0298. The second-order valence-corrected chi connectivity index (χ2v) is 5.92. The number of pyridine rings is 1. The van der Waals surface area contributed by atoms with Gasteiger partial charge in [0.05, 0.1) is 13.4 Å². The molecule has 124 valence electrons. The molecule has 1 saturated heterocycles. The van der Waals surface area contributed by atoms with E-state index in [9.17, 15) is 0 Å². The number of hydrogen-bond acceptors (Lipinski definition) is 6. The molecule has 0 bridgehead atoms. The number of hydrogen-bond donors (Lipinski definition) is 0. The summed E-state index contributed by atoms with van der Waals surface area (Å²) in [6.45, 7) is 0.760. The molecule has 0 amide bonds. The standard InChI is InChI=1S/C16H16ClN5O2/c1-23-11-6-5-10(15(17)21-11)13-14-16(19-8-18-13)22(9-20-14)12-4-2-3-7-24-12/h5-6,8-9,12H,2-4,7H2,1H3. The van der Waals surface area contributed by atoms with E-state index in [1.807, 2.05) is 10.6 Å². The van der Waals surface area contributed by atoms with E-state index in [2.05, 4.69) is 19.9 Å². The van der Waals surface area contributed by atoms with Gasteiger partial charge in [0.25, 0.3) is 0 Å². The van der Waals surface area contributed by atoms with E-state index < -0.39 is 0 Å². The molecule has 7 nitrogen and oxygen atoms in total. The SMILES string of the molecule is COc1ccc(-c2ncnc3c2ncn3C2CCCCO2)c(Cl)n1. The van der Waals surface area contributed by atoms with E-state index in [0.29, 0.717) is 27.8 Å². The third kappa shape index (κ3) is 2.59. The maximum atomic E-state index is 6.29. The van der Waals surface area contributed by atoms with Crippen molar-refractivity contribution in [1.29, 1.82) is 0 Å². The van der Waals surface area contributed by atoms with Crippen LogP contribution in [-0.2, 0) is 4.74 Å². The van der Waals surface area contributed by atoms with Crippen LogP contribution in [0.5, 0.6) is 5.88 Å². The van der Waals surface area contributed by atoms with E-state index in [1.165, 1.54) is 6.33 Å². The summed E-state index contributed by atoms with van der Waals surface area (Å²) in [5.74, 6) is 0.454. The molecule has 3 aromatic heterocycles. The van der Waals surface area contributed by atoms with Crippen LogP contribution in [0.1, 0.15) is 25.5 Å². The van der Waals surface area contributed by atoms with Gasteiger partial charge >= 0.3 is 0 Å². The largest absolute Gasteiger partial charge is 0.481 e. The summed E-state index contributed by atoms with van der Waals surface area (Å²) in [7, 11) is 1.55. The summed E-state index contributed by atoms with van der Waals surface area (Å²) >= 11 is 6.29. The average Bonchev–Trinajstić information content (AvgIpc) is 3.06. The zero-order chi connectivity index (χ0) is 16.5. The molecule has 24 heavy (non-hydrogen) atoms. The van der Waals surface area contributed by atoms with Crippen LogP contribution in [0, 0.1) is 0 Å². The smallest absolute Gasteiger partial charge is 0.214 e. The maximum absolute atomic E-state index is 6.29. The van der Waals surface area contributed by atoms with Crippen molar-refractivity contribution in [3.63, 3.8) is 0 Å². The first kappa shape index (κ1) is 15.3. The molecule has 1 aliphatic heterocycles. The number of methoxy groups -OCH3 is 1. The molecule has 0 aliphatic carbocycles. The minimum atomic E-state index is -0.0315. The molecule has 0 saturated carbocycles. The average molecular weight is 346 g/mol. The van der Waals surface area contributed by atoms with Gasteiger partial charge in [0.1, 0.15) is 28.9 Å². The second-order valence-electron chi connectivity index (χ2n) is 5.56. The van der Waals surface area contributed by atoms with Crippen molar-refractivity contribution in [2.24, 2.45) is 0 Å². The number of halogens is 1. The van der Waals surface area contributed by atoms with E-state index in [4.69, 9.17) is 21.1 Å². The van der Waals surface area contributed by atoms with E-state index in [1.54, 1.807) is 19.5 Å². The molecule has 0 spiro atoms. The van der Waals surface area contributed by atoms with Crippen LogP contribution in [-0.4, -0.2) is 38.2 Å². The van der Waals surface area contributed by atoms with Gasteiger partial charge in [0.2, 0.25) is 5.88 Å². The zero-order valence-electron chi connectivity index (χ0n) is 13.1. The molecule has 0 radical (unpaired) electrons. The van der Waals surface area contributed by atoms with Gasteiger partial charge in [-0.1, -0.05) is 11.6 Å². The number of aromatic nitrogens is 5. The molecule has 4 heterocycles. The molecule has 8 heteroatoms. The van der Waals surface area contributed by atoms with Crippen molar-refractivity contribution in [3.8, 4) is 17.1 Å². The highest BCUT2D eigenvalue weighted by Gasteiger charge is 2.21. The van der Waals surface area contributed by atoms with Crippen LogP contribution in [0.3, 0.4) is 0 Å². The summed E-state index contributed by atoms with van der Waals surface area (Å²) in [4.78, 5) is 17.4. The first-order chi connectivity index (χ1) is 11.8. The fraction of sp³-hybridized carbons (Fsp3) is 0.375. The van der Waals surface area contributed by atoms with Gasteiger partial charge in [-0.2, -0.15) is 0 Å². The molecule has 1 unspecified atom stereocenters. The Kier molecular flexibility index (Phi) is 4.03. The Balaban J connectivity index is 1.81. The summed E-state index contributed by atoms with van der Waals surface area (Å²) < 4.78 is 12.9. The van der Waals surface area contributed by atoms with Gasteiger partial charge < -0.3 is 9.47 Å². The highest BCUT2D eigenvalue weighted by atomic mass is 35.5. The summed E-state index contributed by atoms with van der Waals surface area (Å²) in [6.07, 6.45) is 6.42. The minimum Gasteiger partial charge on any atom is -0.481 e. The highest BCUT2D eigenvalue weighted by molar-refractivity contribution is 6.32. The normalized spacial score (nSPS) is 18.0. The predicted molar refractivity (Wildman–Crippen MR) is 89.0 cm³/mol. The third-order valence-electron chi connectivity index (χ3n) is 4.11. The summed E-state index contributed by atoms with van der Waals surface area (Å²) in [6, 6.07) is 3.57. The molecule has 1 fully saturated rings. The number of nitrogens with zero attached hydrogens (tertiary/aromatic N) is 5. The monoisotopic (exact) mass is 345 g/mol. The van der Waals surface area contributed by atoms with Crippen molar-refractivity contribution in [2.75, 3.05) is 13.7 Å². The number of imidazole rings is 1. The van der Waals surface area contributed by atoms with Gasteiger partial charge in [0, 0.05) is 18.2 Å². The molecular formula is C16H16ClN5O2. The molecule has 1 atom stereocenters. The molecular weight excluding hydrogens is 330 g/mol. The van der Waals surface area contributed by atoms with E-state index in [0.717, 1.165) is 31.5 Å². The number of fused-ring (bicyclic) bond motifs is 1. The van der Waals surface area contributed by atoms with Gasteiger partial charge in [-0.05, 0) is 25.3 Å². The topological polar surface area (TPSA) is 75.0 Å². The minimum absolute atomic E-state index is 0.0315. The Morgan fingerprint density at radius 1 is 1.25 bits per heavy atom. The van der Waals surface area contributed by atoms with Gasteiger partial charge in [-0.3, -0.25) is 4.57 Å². The van der Waals surface area contributed by atoms with Gasteiger partial charge in [0.15, 0.2) is 5.65 Å². The lowest BCUT2D eigenvalue weighted by Gasteiger charge is -2.23. The van der Waals surface area contributed by atoms with Crippen molar-refractivity contribution in [1.82, 2.24) is 24.5 Å². The Morgan fingerprint density at radius 2 is 2.17 bits per heavy atom. The zero-order valence-corrected chi connectivity index (χ0v) is 13.9. The van der Waals surface area contributed by atoms with Crippen molar-refractivity contribution in [3.05, 3.63) is 29.9 Å². The van der Waals surface area contributed by atoms with Crippen LogP contribution in [0.15, 0.2) is 24.8 Å². The Morgan fingerprint density at radius 3 is 2.92 bits per heavy atom. The van der Waals surface area contributed by atoms with Crippen LogP contribution in [0.2, 0.25) is 5.15 Å². The van der Waals surface area contributed by atoms with E-state index in [-0.39, 0.29) is 6.23 Å². The van der Waals surface area contributed by atoms with Crippen LogP contribution >= 0.6 is 11.6 Å². The van der Waals surface area contributed by atoms with Crippen molar-refractivity contribution >= 4 is 22.8 Å². The Labute approximate surface area is 143 Å². The number of ether oxygens (including phenoxy) is 2. The molecule has 4 rings (SSSR count). The first-order valence-electron chi connectivity index (χ1n) is 7.78. The molecule has 0 aromatic carbocycles. The van der Waals surface area contributed by atoms with Crippen LogP contribution < -0.4 is 4.74 Å². The molecule has 1 aliphatic rings. The van der Waals surface area contributed by atoms with Crippen molar-refractivity contribution in [2.45, 2.75) is 25.5 Å². The Bertz CT molecular complexity index is 876. The van der Waals surface area contributed by atoms with Crippen LogP contribution in [0.25, 0.3) is 22.4 Å². The molecule has 0 N–H and O–H groups in total. The number of rotatable bonds is 3. The van der Waals surface area contributed by atoms with E-state index >= 15 is 0 Å². The maximum Gasteiger partial charge on any atom is 0.214 e. The van der Waals surface area contributed by atoms with Crippen molar-refractivity contribution < 1.29 is 9.47 Å². The Hall–Kier alpha value is -2.25.